The first-order valence-electron chi connectivity index (χ1n) is 3.07. The van der Waals surface area contributed by atoms with Gasteiger partial charge in [0.25, 0.3) is 0 Å². The zero-order valence-corrected chi connectivity index (χ0v) is 6.42. The van der Waals surface area contributed by atoms with E-state index in [1.54, 1.807) is 24.3 Å². The zero-order valence-electron chi connectivity index (χ0n) is 5.66. The summed E-state index contributed by atoms with van der Waals surface area (Å²) in [5.74, 6) is 0. The molecule has 3 nitrogen and oxygen atoms in total. The Hall–Kier alpha value is -0.770. The lowest BCUT2D eigenvalue weighted by Gasteiger charge is -2.03. The van der Waals surface area contributed by atoms with Crippen LogP contribution in [0.1, 0.15) is 11.9 Å². The second-order valence-electron chi connectivity index (χ2n) is 2.09. The van der Waals surface area contributed by atoms with Crippen LogP contribution in [0, 0.1) is 0 Å². The molecule has 0 amide bonds. The van der Waals surface area contributed by atoms with Crippen LogP contribution in [0.25, 0.3) is 0 Å². The molecule has 0 heterocycles. The lowest BCUT2D eigenvalue weighted by molar-refractivity contribution is -0.0424. The van der Waals surface area contributed by atoms with Crippen LogP contribution in [-0.2, 0) is 0 Å². The molecule has 0 saturated heterocycles. The molecular weight excluding hydrogens is 166 g/mol. The van der Waals surface area contributed by atoms with Crippen LogP contribution >= 0.6 is 11.8 Å². The van der Waals surface area contributed by atoms with Gasteiger partial charge < -0.3 is 10.2 Å². The summed E-state index contributed by atoms with van der Waals surface area (Å²) in [6.45, 7) is 0. The molecule has 0 saturated carbocycles. The molecule has 0 unspecified atom stereocenters. The highest BCUT2D eigenvalue weighted by molar-refractivity contribution is 6.23. The highest BCUT2D eigenvalue weighted by atomic mass is 35.5. The van der Waals surface area contributed by atoms with Crippen molar-refractivity contribution in [3.8, 4) is 0 Å². The normalized spacial score (nSPS) is 10.2. The minimum atomic E-state index is -1.42. The summed E-state index contributed by atoms with van der Waals surface area (Å²) >= 11 is 5.28. The van der Waals surface area contributed by atoms with Gasteiger partial charge in [-0.2, -0.15) is 0 Å². The number of hydrogen-bond acceptors (Lipinski definition) is 3. The molecule has 0 aliphatic heterocycles. The monoisotopic (exact) mass is 173 g/mol. The lowest BCUT2D eigenvalue weighted by atomic mass is 10.2. The second kappa shape index (κ2) is 3.57. The molecule has 0 spiro atoms. The first-order valence-corrected chi connectivity index (χ1v) is 3.44. The second-order valence-corrected chi connectivity index (χ2v) is 2.28. The fourth-order valence-corrected chi connectivity index (χ4v) is 0.844. The Morgan fingerprint density at radius 2 is 1.73 bits per heavy atom. The molecule has 60 valence electrons. The van der Waals surface area contributed by atoms with Crippen LogP contribution in [0.3, 0.4) is 0 Å². The van der Waals surface area contributed by atoms with Gasteiger partial charge in [0.05, 0.1) is 0 Å². The largest absolute Gasteiger partial charge is 0.364 e. The molecule has 4 heteroatoms. The van der Waals surface area contributed by atoms with Gasteiger partial charge in [-0.3, -0.25) is 4.84 Å². The summed E-state index contributed by atoms with van der Waals surface area (Å²) in [5.41, 5.74) is 1.16. The van der Waals surface area contributed by atoms with Crippen molar-refractivity contribution in [3.05, 3.63) is 29.8 Å². The quantitative estimate of drug-likeness (QED) is 0.466. The van der Waals surface area contributed by atoms with Gasteiger partial charge in [-0.05, 0) is 12.1 Å². The van der Waals surface area contributed by atoms with Gasteiger partial charge in [0.2, 0.25) is 0 Å². The Morgan fingerprint density at radius 1 is 1.18 bits per heavy atom. The number of anilines is 1. The van der Waals surface area contributed by atoms with Crippen molar-refractivity contribution in [3.63, 3.8) is 0 Å². The maximum atomic E-state index is 8.69. The van der Waals surface area contributed by atoms with Crippen molar-refractivity contribution in [2.75, 3.05) is 4.84 Å². The SMILES string of the molecule is OC(O)c1ccc(NCl)cc1. The number of nitrogens with one attached hydrogen (secondary N) is 1. The number of halogens is 1. The van der Waals surface area contributed by atoms with E-state index < -0.39 is 6.29 Å². The van der Waals surface area contributed by atoms with Crippen LogP contribution < -0.4 is 4.84 Å². The predicted octanol–water partition coefficient (Wildman–Crippen LogP) is 1.24. The Labute approximate surface area is 69.3 Å². The molecule has 11 heavy (non-hydrogen) atoms. The van der Waals surface area contributed by atoms with Crippen molar-refractivity contribution < 1.29 is 10.2 Å². The summed E-state index contributed by atoms with van der Waals surface area (Å²) in [5, 5.41) is 17.4. The van der Waals surface area contributed by atoms with E-state index in [9.17, 15) is 0 Å². The molecule has 0 fully saturated rings. The number of hydrogen-bond donors (Lipinski definition) is 3. The van der Waals surface area contributed by atoms with Gasteiger partial charge in [-0.15, -0.1) is 0 Å². The summed E-state index contributed by atoms with van der Waals surface area (Å²) in [7, 11) is 0. The Kier molecular flexibility index (Phi) is 2.70. The van der Waals surface area contributed by atoms with Gasteiger partial charge in [-0.1, -0.05) is 12.1 Å². The van der Waals surface area contributed by atoms with Crippen LogP contribution in [0.2, 0.25) is 0 Å². The topological polar surface area (TPSA) is 52.5 Å². The van der Waals surface area contributed by atoms with Crippen molar-refractivity contribution in [1.29, 1.82) is 0 Å². The average Bonchev–Trinajstić information content (AvgIpc) is 2.05. The molecule has 1 aromatic rings. The first kappa shape index (κ1) is 8.33. The van der Waals surface area contributed by atoms with E-state index in [1.807, 2.05) is 0 Å². The van der Waals surface area contributed by atoms with Crippen molar-refractivity contribution in [2.45, 2.75) is 6.29 Å². The number of rotatable bonds is 2. The molecule has 0 radical (unpaired) electrons. The lowest BCUT2D eigenvalue weighted by Crippen LogP contribution is -1.93. The molecule has 1 rings (SSSR count). The van der Waals surface area contributed by atoms with Crippen molar-refractivity contribution in [1.82, 2.24) is 0 Å². The Morgan fingerprint density at radius 3 is 2.09 bits per heavy atom. The van der Waals surface area contributed by atoms with Gasteiger partial charge in [0, 0.05) is 23.0 Å². The summed E-state index contributed by atoms with van der Waals surface area (Å²) in [6.07, 6.45) is -1.42. The molecular formula is C7H8ClNO2. The van der Waals surface area contributed by atoms with Crippen LogP contribution in [0.4, 0.5) is 5.69 Å². The zero-order chi connectivity index (χ0) is 8.27. The van der Waals surface area contributed by atoms with E-state index >= 15 is 0 Å². The minimum absolute atomic E-state index is 0.445. The van der Waals surface area contributed by atoms with E-state index in [0.717, 1.165) is 5.69 Å². The average molecular weight is 174 g/mol. The summed E-state index contributed by atoms with van der Waals surface area (Å²) in [6, 6.07) is 6.47. The fraction of sp³-hybridized carbons (Fsp3) is 0.143. The van der Waals surface area contributed by atoms with Crippen LogP contribution in [0.15, 0.2) is 24.3 Å². The van der Waals surface area contributed by atoms with Crippen molar-refractivity contribution in [2.24, 2.45) is 0 Å². The van der Waals surface area contributed by atoms with Gasteiger partial charge in [-0.25, -0.2) is 0 Å². The van der Waals surface area contributed by atoms with Crippen molar-refractivity contribution >= 4 is 17.5 Å². The summed E-state index contributed by atoms with van der Waals surface area (Å²) in [4.78, 5) is 2.40. The molecule has 0 aliphatic carbocycles. The smallest absolute Gasteiger partial charge is 0.178 e. The number of aliphatic hydroxyl groups is 2. The Balaban J connectivity index is 2.83. The van der Waals surface area contributed by atoms with E-state index in [1.165, 1.54) is 0 Å². The molecule has 1 aromatic carbocycles. The van der Waals surface area contributed by atoms with Crippen LogP contribution in [-0.4, -0.2) is 10.2 Å². The van der Waals surface area contributed by atoms with E-state index in [-0.39, 0.29) is 0 Å². The third-order valence-electron chi connectivity index (χ3n) is 1.32. The first-order chi connectivity index (χ1) is 5.24. The third-order valence-corrected chi connectivity index (χ3v) is 1.54. The highest BCUT2D eigenvalue weighted by Gasteiger charge is 2.00. The molecule has 3 N–H and O–H groups in total. The third kappa shape index (κ3) is 2.08. The molecule has 0 atom stereocenters. The molecule has 0 aromatic heterocycles. The highest BCUT2D eigenvalue weighted by Crippen LogP contribution is 2.14. The van der Waals surface area contributed by atoms with Gasteiger partial charge in [0.1, 0.15) is 0 Å². The maximum Gasteiger partial charge on any atom is 0.178 e. The minimum Gasteiger partial charge on any atom is -0.364 e. The standard InChI is InChI=1S/C7H8ClNO2/c8-9-6-3-1-5(2-4-6)7(10)11/h1-4,7,9-11H. The van der Waals surface area contributed by atoms with E-state index in [2.05, 4.69) is 4.84 Å². The maximum absolute atomic E-state index is 8.69. The number of benzene rings is 1. The fourth-order valence-electron chi connectivity index (χ4n) is 0.718. The Bertz CT molecular complexity index is 222. The van der Waals surface area contributed by atoms with E-state index in [0.29, 0.717) is 5.56 Å². The van der Waals surface area contributed by atoms with Gasteiger partial charge >= 0.3 is 0 Å². The van der Waals surface area contributed by atoms with E-state index in [4.69, 9.17) is 22.0 Å². The molecule has 0 bridgehead atoms. The summed E-state index contributed by atoms with van der Waals surface area (Å²) < 4.78 is 0. The van der Waals surface area contributed by atoms with Crippen LogP contribution in [0.5, 0.6) is 0 Å². The number of aliphatic hydroxyl groups excluding tert-OH is 1. The molecule has 0 aliphatic rings. The predicted molar refractivity (Wildman–Crippen MR) is 43.1 cm³/mol. The van der Waals surface area contributed by atoms with Gasteiger partial charge in [0.15, 0.2) is 6.29 Å².